The number of rotatable bonds is 3. The molecule has 0 bridgehead atoms. The van der Waals surface area contributed by atoms with Gasteiger partial charge in [-0.2, -0.15) is 0 Å². The summed E-state index contributed by atoms with van der Waals surface area (Å²) in [6.45, 7) is 0. The fraction of sp³-hybridized carbons (Fsp3) is 0.333. The molecule has 1 fully saturated rings. The molecule has 140 valence electrons. The van der Waals surface area contributed by atoms with Gasteiger partial charge in [-0.3, -0.25) is 0 Å². The van der Waals surface area contributed by atoms with Gasteiger partial charge in [-0.05, 0) is 61.5 Å². The van der Waals surface area contributed by atoms with Crippen LogP contribution in [0.4, 0.5) is 11.4 Å². The van der Waals surface area contributed by atoms with Crippen molar-refractivity contribution in [2.75, 3.05) is 17.3 Å². The number of ether oxygens (including phenoxy) is 1. The van der Waals surface area contributed by atoms with Crippen molar-refractivity contribution < 1.29 is 4.74 Å². The summed E-state index contributed by atoms with van der Waals surface area (Å²) in [5, 5.41) is 4.79. The molecular weight excluding hydrogens is 378 g/mol. The molecule has 2 aliphatic rings. The second-order valence-electron chi connectivity index (χ2n) is 6.98. The summed E-state index contributed by atoms with van der Waals surface area (Å²) in [6.07, 6.45) is 5.53. The van der Waals surface area contributed by atoms with E-state index in [0.29, 0.717) is 10.1 Å². The number of amidine groups is 1. The fourth-order valence-corrected chi connectivity index (χ4v) is 4.64. The van der Waals surface area contributed by atoms with Crippen molar-refractivity contribution in [3.05, 3.63) is 53.6 Å². The number of nitrogens with one attached hydrogen (secondary N) is 1. The van der Waals surface area contributed by atoms with Gasteiger partial charge in [0, 0.05) is 5.69 Å². The van der Waals surface area contributed by atoms with Gasteiger partial charge in [0.05, 0.1) is 17.8 Å². The number of methoxy groups -OCH3 is 1. The number of aliphatic imine (C=N–C) groups is 1. The average Bonchev–Trinajstić information content (AvgIpc) is 2.94. The first-order valence-electron chi connectivity index (χ1n) is 9.23. The van der Waals surface area contributed by atoms with Crippen LogP contribution in [-0.4, -0.2) is 23.6 Å². The molecule has 0 unspecified atom stereocenters. The zero-order chi connectivity index (χ0) is 18.9. The van der Waals surface area contributed by atoms with Gasteiger partial charge in [0.25, 0.3) is 0 Å². The van der Waals surface area contributed by atoms with Crippen LogP contribution in [-0.2, 0) is 0 Å². The first-order valence-corrected chi connectivity index (χ1v) is 10.0. The van der Waals surface area contributed by atoms with Gasteiger partial charge in [0.15, 0.2) is 0 Å². The van der Waals surface area contributed by atoms with E-state index in [4.69, 9.17) is 33.5 Å². The number of anilines is 2. The summed E-state index contributed by atoms with van der Waals surface area (Å²) in [5.74, 6) is 1.74. The Bertz CT molecular complexity index is 875. The van der Waals surface area contributed by atoms with Crippen molar-refractivity contribution in [1.82, 2.24) is 0 Å². The lowest BCUT2D eigenvalue weighted by atomic mass is 9.79. The number of nitrogens with zero attached hydrogens (tertiary/aromatic N) is 2. The molecule has 0 saturated heterocycles. The summed E-state index contributed by atoms with van der Waals surface area (Å²) in [7, 11) is 1.67. The summed E-state index contributed by atoms with van der Waals surface area (Å²) in [6, 6.07) is 15.7. The predicted molar refractivity (Wildman–Crippen MR) is 116 cm³/mol. The maximum atomic E-state index is 6.53. The Hall–Kier alpha value is -2.11. The Morgan fingerprint density at radius 2 is 1.78 bits per heavy atom. The van der Waals surface area contributed by atoms with Gasteiger partial charge in [-0.25, -0.2) is 4.99 Å². The highest BCUT2D eigenvalue weighted by Gasteiger charge is 2.49. The van der Waals surface area contributed by atoms with E-state index in [9.17, 15) is 0 Å². The monoisotopic (exact) mass is 399 g/mol. The predicted octanol–water partition coefficient (Wildman–Crippen LogP) is 5.67. The summed E-state index contributed by atoms with van der Waals surface area (Å²) < 4.78 is 5.25. The van der Waals surface area contributed by atoms with Crippen LogP contribution in [0, 0.1) is 0 Å². The van der Waals surface area contributed by atoms with Crippen molar-refractivity contribution >= 4 is 46.1 Å². The van der Waals surface area contributed by atoms with Gasteiger partial charge in [0.1, 0.15) is 17.1 Å². The fourth-order valence-electron chi connectivity index (χ4n) is 4.06. The van der Waals surface area contributed by atoms with Crippen LogP contribution in [0.5, 0.6) is 5.75 Å². The smallest absolute Gasteiger partial charge is 0.202 e. The molecule has 1 N–H and O–H groups in total. The highest BCUT2D eigenvalue weighted by atomic mass is 35.5. The van der Waals surface area contributed by atoms with E-state index >= 15 is 0 Å². The zero-order valence-corrected chi connectivity index (χ0v) is 16.8. The van der Waals surface area contributed by atoms with Gasteiger partial charge < -0.3 is 15.0 Å². The first kappa shape index (κ1) is 18.3. The van der Waals surface area contributed by atoms with Crippen LogP contribution in [0.25, 0.3) is 0 Å². The maximum absolute atomic E-state index is 6.53. The Kier molecular flexibility index (Phi) is 5.06. The minimum atomic E-state index is -0.264. The molecule has 2 aromatic rings. The first-order chi connectivity index (χ1) is 13.1. The van der Waals surface area contributed by atoms with Crippen molar-refractivity contribution in [3.8, 4) is 5.75 Å². The molecule has 0 aromatic heterocycles. The van der Waals surface area contributed by atoms with Crippen LogP contribution >= 0.6 is 23.8 Å². The molecular formula is C21H22ClN3OS. The molecule has 1 spiro atoms. The van der Waals surface area contributed by atoms with Gasteiger partial charge in [-0.15, -0.1) is 0 Å². The lowest BCUT2D eigenvalue weighted by Gasteiger charge is -2.43. The van der Waals surface area contributed by atoms with E-state index in [1.807, 2.05) is 48.5 Å². The molecule has 1 aliphatic heterocycles. The number of thiocarbonyl (C=S) groups is 1. The van der Waals surface area contributed by atoms with Crippen LogP contribution < -0.4 is 15.0 Å². The van der Waals surface area contributed by atoms with E-state index in [1.165, 1.54) is 6.42 Å². The van der Waals surface area contributed by atoms with Crippen LogP contribution in [0.15, 0.2) is 53.5 Å². The highest BCUT2D eigenvalue weighted by Crippen LogP contribution is 2.44. The minimum Gasteiger partial charge on any atom is -0.497 e. The number of hydrogen-bond donors (Lipinski definition) is 1. The third kappa shape index (κ3) is 3.30. The van der Waals surface area contributed by atoms with E-state index < -0.39 is 0 Å². The van der Waals surface area contributed by atoms with Crippen molar-refractivity contribution in [1.29, 1.82) is 0 Å². The standard InChI is InChI=1S/C21H22ClN3OS/c1-26-16-11-9-15(10-12-16)23-19-21(13-5-2-6-14-21)25(20(27)24-19)18-8-4-3-7-17(18)22/h3-4,7-12H,2,5-6,13-14H2,1H3,(H,23,24,27). The van der Waals surface area contributed by atoms with E-state index in [0.717, 1.165) is 48.6 Å². The van der Waals surface area contributed by atoms with E-state index in [-0.39, 0.29) is 5.54 Å². The molecule has 1 aliphatic carbocycles. The minimum absolute atomic E-state index is 0.264. The van der Waals surface area contributed by atoms with E-state index in [2.05, 4.69) is 10.2 Å². The number of para-hydroxylation sites is 1. The van der Waals surface area contributed by atoms with Crippen molar-refractivity contribution in [2.24, 2.45) is 4.99 Å². The molecule has 6 heteroatoms. The molecule has 0 amide bonds. The highest BCUT2D eigenvalue weighted by molar-refractivity contribution is 7.80. The molecule has 1 saturated carbocycles. The quantitative estimate of drug-likeness (QED) is 0.675. The largest absolute Gasteiger partial charge is 0.497 e. The number of halogens is 1. The van der Waals surface area contributed by atoms with Gasteiger partial charge in [0.2, 0.25) is 5.11 Å². The van der Waals surface area contributed by atoms with Crippen molar-refractivity contribution in [2.45, 2.75) is 37.6 Å². The zero-order valence-electron chi connectivity index (χ0n) is 15.2. The summed E-state index contributed by atoms with van der Waals surface area (Å²) >= 11 is 12.2. The molecule has 4 rings (SSSR count). The lowest BCUT2D eigenvalue weighted by molar-refractivity contribution is 0.386. The van der Waals surface area contributed by atoms with E-state index in [1.54, 1.807) is 7.11 Å². The Balaban J connectivity index is 1.71. The van der Waals surface area contributed by atoms with Crippen LogP contribution in [0.1, 0.15) is 32.1 Å². The molecule has 2 aromatic carbocycles. The molecule has 0 atom stereocenters. The Morgan fingerprint density at radius 1 is 1.07 bits per heavy atom. The topological polar surface area (TPSA) is 36.9 Å². The Labute approximate surface area is 170 Å². The second kappa shape index (κ2) is 7.49. The molecule has 0 radical (unpaired) electrons. The van der Waals surface area contributed by atoms with Gasteiger partial charge >= 0.3 is 0 Å². The summed E-state index contributed by atoms with van der Waals surface area (Å²) in [5.41, 5.74) is 1.64. The molecule has 4 nitrogen and oxygen atoms in total. The Morgan fingerprint density at radius 3 is 2.44 bits per heavy atom. The molecule has 1 heterocycles. The lowest BCUT2D eigenvalue weighted by Crippen LogP contribution is -2.55. The summed E-state index contributed by atoms with van der Waals surface area (Å²) in [4.78, 5) is 6.94. The maximum Gasteiger partial charge on any atom is 0.202 e. The second-order valence-corrected chi connectivity index (χ2v) is 7.75. The van der Waals surface area contributed by atoms with Crippen LogP contribution in [0.2, 0.25) is 5.02 Å². The number of hydrogen-bond acceptors (Lipinski definition) is 3. The average molecular weight is 400 g/mol. The van der Waals surface area contributed by atoms with Crippen molar-refractivity contribution in [3.63, 3.8) is 0 Å². The molecule has 27 heavy (non-hydrogen) atoms. The normalized spacial score (nSPS) is 18.5. The third-order valence-electron chi connectivity index (χ3n) is 5.39. The SMILES string of the molecule is COc1ccc(NC2=NC(=S)N(c3ccccc3Cl)C23CCCCC3)cc1. The van der Waals surface area contributed by atoms with Gasteiger partial charge in [-0.1, -0.05) is 43.0 Å². The van der Waals surface area contributed by atoms with Crippen LogP contribution in [0.3, 0.4) is 0 Å². The number of benzene rings is 2. The third-order valence-corrected chi connectivity index (χ3v) is 5.99.